The summed E-state index contributed by atoms with van der Waals surface area (Å²) in [6, 6.07) is 3.42. The van der Waals surface area contributed by atoms with Crippen molar-refractivity contribution in [3.05, 3.63) is 28.8 Å². The van der Waals surface area contributed by atoms with Crippen LogP contribution in [0.15, 0.2) is 18.2 Å². The number of rotatable bonds is 6. The maximum atomic E-state index is 12.8. The molecule has 0 saturated carbocycles. The number of amides is 1. The number of anilines is 1. The van der Waals surface area contributed by atoms with E-state index in [-0.39, 0.29) is 16.5 Å². The Bertz CT molecular complexity index is 465. The van der Waals surface area contributed by atoms with Crippen LogP contribution in [-0.4, -0.2) is 17.4 Å². The Labute approximate surface area is 125 Å². The SMILES string of the molecule is CCCCSCC(=O)Nc1c(Cl)cccc1C(F)(F)F. The number of halogens is 4. The number of benzene rings is 1. The van der Waals surface area contributed by atoms with Crippen LogP contribution in [-0.2, 0) is 11.0 Å². The van der Waals surface area contributed by atoms with Gasteiger partial charge in [0.2, 0.25) is 5.91 Å². The lowest BCUT2D eigenvalue weighted by Crippen LogP contribution is -2.18. The lowest BCUT2D eigenvalue weighted by atomic mass is 10.1. The molecule has 0 radical (unpaired) electrons. The third-order valence-electron chi connectivity index (χ3n) is 2.46. The van der Waals surface area contributed by atoms with Crippen molar-refractivity contribution in [1.82, 2.24) is 0 Å². The Balaban J connectivity index is 2.74. The Kier molecular flexibility index (Phi) is 6.68. The summed E-state index contributed by atoms with van der Waals surface area (Å²) in [6.45, 7) is 2.03. The molecule has 1 N–H and O–H groups in total. The second-order valence-electron chi connectivity index (χ2n) is 4.11. The van der Waals surface area contributed by atoms with Crippen molar-refractivity contribution in [2.45, 2.75) is 25.9 Å². The summed E-state index contributed by atoms with van der Waals surface area (Å²) in [5, 5.41) is 2.13. The minimum Gasteiger partial charge on any atom is -0.324 e. The van der Waals surface area contributed by atoms with E-state index in [1.165, 1.54) is 23.9 Å². The Hall–Kier alpha value is -0.880. The van der Waals surface area contributed by atoms with Gasteiger partial charge in [0.1, 0.15) is 0 Å². The van der Waals surface area contributed by atoms with Gasteiger partial charge in [-0.3, -0.25) is 4.79 Å². The van der Waals surface area contributed by atoms with E-state index in [0.717, 1.165) is 24.7 Å². The zero-order chi connectivity index (χ0) is 15.2. The van der Waals surface area contributed by atoms with Crippen LogP contribution in [0.25, 0.3) is 0 Å². The molecule has 0 unspecified atom stereocenters. The molecule has 0 aliphatic heterocycles. The third-order valence-corrected chi connectivity index (χ3v) is 3.82. The van der Waals surface area contributed by atoms with E-state index >= 15 is 0 Å². The summed E-state index contributed by atoms with van der Waals surface area (Å²) in [5.74, 6) is 0.436. The first-order valence-electron chi connectivity index (χ1n) is 6.09. The molecule has 1 aromatic rings. The average molecular weight is 326 g/mol. The zero-order valence-electron chi connectivity index (χ0n) is 10.9. The van der Waals surface area contributed by atoms with E-state index in [1.54, 1.807) is 0 Å². The maximum absolute atomic E-state index is 12.8. The number of thioether (sulfide) groups is 1. The van der Waals surface area contributed by atoms with Crippen molar-refractivity contribution in [1.29, 1.82) is 0 Å². The van der Waals surface area contributed by atoms with Crippen LogP contribution in [0.1, 0.15) is 25.3 Å². The van der Waals surface area contributed by atoms with Crippen LogP contribution in [0.4, 0.5) is 18.9 Å². The molecule has 0 aromatic heterocycles. The molecule has 112 valence electrons. The topological polar surface area (TPSA) is 29.1 Å². The van der Waals surface area contributed by atoms with Gasteiger partial charge >= 0.3 is 6.18 Å². The fourth-order valence-corrected chi connectivity index (χ4v) is 2.59. The summed E-state index contributed by atoms with van der Waals surface area (Å²) in [5.41, 5.74) is -1.31. The molecular weight excluding hydrogens is 311 g/mol. The van der Waals surface area contributed by atoms with Gasteiger partial charge in [0, 0.05) is 0 Å². The van der Waals surface area contributed by atoms with Gasteiger partial charge in [-0.1, -0.05) is 31.0 Å². The van der Waals surface area contributed by atoms with Crippen LogP contribution in [0.2, 0.25) is 5.02 Å². The number of unbranched alkanes of at least 4 members (excludes halogenated alkanes) is 1. The average Bonchev–Trinajstić information content (AvgIpc) is 2.36. The second kappa shape index (κ2) is 7.78. The largest absolute Gasteiger partial charge is 0.418 e. The van der Waals surface area contributed by atoms with Crippen LogP contribution in [0, 0.1) is 0 Å². The van der Waals surface area contributed by atoms with E-state index in [4.69, 9.17) is 11.6 Å². The van der Waals surface area contributed by atoms with Crippen molar-refractivity contribution in [3.8, 4) is 0 Å². The van der Waals surface area contributed by atoms with Crippen molar-refractivity contribution < 1.29 is 18.0 Å². The van der Waals surface area contributed by atoms with Gasteiger partial charge < -0.3 is 5.32 Å². The highest BCUT2D eigenvalue weighted by Gasteiger charge is 2.34. The van der Waals surface area contributed by atoms with Crippen LogP contribution in [0.5, 0.6) is 0 Å². The van der Waals surface area contributed by atoms with E-state index < -0.39 is 17.6 Å². The number of nitrogens with one attached hydrogen (secondary N) is 1. The first-order valence-corrected chi connectivity index (χ1v) is 7.62. The lowest BCUT2D eigenvalue weighted by molar-refractivity contribution is -0.137. The molecule has 0 bridgehead atoms. The molecule has 20 heavy (non-hydrogen) atoms. The highest BCUT2D eigenvalue weighted by Crippen LogP contribution is 2.38. The minimum atomic E-state index is -4.55. The third kappa shape index (κ3) is 5.25. The number of hydrogen-bond donors (Lipinski definition) is 1. The molecule has 1 rings (SSSR count). The minimum absolute atomic E-state index is 0.114. The smallest absolute Gasteiger partial charge is 0.324 e. The fourth-order valence-electron chi connectivity index (χ4n) is 1.47. The summed E-state index contributed by atoms with van der Waals surface area (Å²) >= 11 is 7.13. The number of para-hydroxylation sites is 1. The molecule has 0 aliphatic carbocycles. The monoisotopic (exact) mass is 325 g/mol. The molecule has 0 atom stereocenters. The van der Waals surface area contributed by atoms with E-state index in [1.807, 2.05) is 6.92 Å². The molecule has 0 fully saturated rings. The number of carbonyl (C=O) groups is 1. The molecule has 0 heterocycles. The van der Waals surface area contributed by atoms with Gasteiger partial charge in [0.25, 0.3) is 0 Å². The molecular formula is C13H15ClF3NOS. The quantitative estimate of drug-likeness (QED) is 0.759. The maximum Gasteiger partial charge on any atom is 0.418 e. The highest BCUT2D eigenvalue weighted by molar-refractivity contribution is 7.99. The lowest BCUT2D eigenvalue weighted by Gasteiger charge is -2.15. The van der Waals surface area contributed by atoms with Crippen LogP contribution in [0.3, 0.4) is 0 Å². The van der Waals surface area contributed by atoms with Gasteiger partial charge in [-0.2, -0.15) is 24.9 Å². The Morgan fingerprint density at radius 3 is 2.70 bits per heavy atom. The molecule has 1 aromatic carbocycles. The second-order valence-corrected chi connectivity index (χ2v) is 5.63. The van der Waals surface area contributed by atoms with Crippen molar-refractivity contribution in [2.24, 2.45) is 0 Å². The van der Waals surface area contributed by atoms with Crippen LogP contribution >= 0.6 is 23.4 Å². The molecule has 0 aliphatic rings. The standard InChI is InChI=1S/C13H15ClF3NOS/c1-2-3-7-20-8-11(19)18-12-9(13(15,16)17)5-4-6-10(12)14/h4-6H,2-3,7-8H2,1H3,(H,18,19). The van der Waals surface area contributed by atoms with E-state index in [2.05, 4.69) is 5.32 Å². The highest BCUT2D eigenvalue weighted by atomic mass is 35.5. The van der Waals surface area contributed by atoms with Gasteiger partial charge in [0.05, 0.1) is 22.0 Å². The van der Waals surface area contributed by atoms with E-state index in [9.17, 15) is 18.0 Å². The normalized spacial score (nSPS) is 11.4. The predicted molar refractivity (Wildman–Crippen MR) is 77.3 cm³/mol. The molecule has 1 amide bonds. The molecule has 0 saturated heterocycles. The number of alkyl halides is 3. The summed E-state index contributed by atoms with van der Waals surface area (Å²) in [7, 11) is 0. The predicted octanol–water partition coefficient (Wildman–Crippen LogP) is 4.83. The Morgan fingerprint density at radius 2 is 2.10 bits per heavy atom. The van der Waals surface area contributed by atoms with Gasteiger partial charge in [0.15, 0.2) is 0 Å². The first-order chi connectivity index (χ1) is 9.36. The summed E-state index contributed by atoms with van der Waals surface area (Å²) in [4.78, 5) is 11.6. The van der Waals surface area contributed by atoms with Crippen molar-refractivity contribution >= 4 is 35.0 Å². The van der Waals surface area contributed by atoms with Gasteiger partial charge in [-0.05, 0) is 24.3 Å². The van der Waals surface area contributed by atoms with Crippen LogP contribution < -0.4 is 5.32 Å². The number of carbonyl (C=O) groups excluding carboxylic acids is 1. The zero-order valence-corrected chi connectivity index (χ0v) is 12.5. The van der Waals surface area contributed by atoms with Gasteiger partial charge in [-0.25, -0.2) is 0 Å². The van der Waals surface area contributed by atoms with E-state index in [0.29, 0.717) is 0 Å². The summed E-state index contributed by atoms with van der Waals surface area (Å²) < 4.78 is 38.4. The van der Waals surface area contributed by atoms with Gasteiger partial charge in [-0.15, -0.1) is 0 Å². The molecule has 7 heteroatoms. The Morgan fingerprint density at radius 1 is 1.40 bits per heavy atom. The molecule has 0 spiro atoms. The summed E-state index contributed by atoms with van der Waals surface area (Å²) in [6.07, 6.45) is -2.57. The molecule has 2 nitrogen and oxygen atoms in total. The van der Waals surface area contributed by atoms with Crippen molar-refractivity contribution in [2.75, 3.05) is 16.8 Å². The van der Waals surface area contributed by atoms with Crippen molar-refractivity contribution in [3.63, 3.8) is 0 Å². The number of hydrogen-bond acceptors (Lipinski definition) is 2. The fraction of sp³-hybridized carbons (Fsp3) is 0.462. The first kappa shape index (κ1) is 17.2.